The Morgan fingerprint density at radius 3 is 2.40 bits per heavy atom. The topological polar surface area (TPSA) is 90.4 Å². The minimum atomic E-state index is -3.72. The van der Waals surface area contributed by atoms with Gasteiger partial charge in [0, 0.05) is 44.9 Å². The number of aliphatic hydroxyl groups is 1. The lowest BCUT2D eigenvalue weighted by Crippen LogP contribution is -2.48. The average Bonchev–Trinajstić information content (AvgIpc) is 2.86. The number of benzene rings is 2. The number of sulfonamides is 1. The number of hydrogen-bond donors (Lipinski definition) is 1. The molecule has 9 heteroatoms. The van der Waals surface area contributed by atoms with Gasteiger partial charge in [-0.05, 0) is 44.2 Å². The highest BCUT2D eigenvalue weighted by atomic mass is 32.2. The zero-order valence-electron chi connectivity index (χ0n) is 21.4. The lowest BCUT2D eigenvalue weighted by Gasteiger charge is -2.33. The van der Waals surface area contributed by atoms with E-state index >= 15 is 0 Å². The highest BCUT2D eigenvalue weighted by molar-refractivity contribution is 7.89. The minimum Gasteiger partial charge on any atom is -0.488 e. The van der Waals surface area contributed by atoms with Crippen molar-refractivity contribution in [3.8, 4) is 5.75 Å². The highest BCUT2D eigenvalue weighted by Crippen LogP contribution is 2.30. The summed E-state index contributed by atoms with van der Waals surface area (Å²) in [6.45, 7) is 5.97. The zero-order chi connectivity index (χ0) is 25.9. The van der Waals surface area contributed by atoms with Gasteiger partial charge in [-0.2, -0.15) is 4.31 Å². The number of anilines is 1. The molecule has 0 aliphatic carbocycles. The quantitative estimate of drug-likeness (QED) is 0.625. The molecule has 0 aromatic heterocycles. The van der Waals surface area contributed by atoms with Crippen LogP contribution >= 0.6 is 0 Å². The summed E-state index contributed by atoms with van der Waals surface area (Å²) < 4.78 is 34.2. The van der Waals surface area contributed by atoms with E-state index in [1.165, 1.54) is 4.31 Å². The number of fused-ring (bicyclic) bond motifs is 1. The van der Waals surface area contributed by atoms with Crippen LogP contribution in [0.25, 0.3) is 0 Å². The summed E-state index contributed by atoms with van der Waals surface area (Å²) in [5.74, 6) is 0.281. The van der Waals surface area contributed by atoms with Gasteiger partial charge in [-0.1, -0.05) is 24.6 Å². The van der Waals surface area contributed by atoms with Gasteiger partial charge in [0.05, 0.1) is 30.5 Å². The van der Waals surface area contributed by atoms with Gasteiger partial charge < -0.3 is 19.6 Å². The maximum absolute atomic E-state index is 13.2. The Morgan fingerprint density at radius 1 is 1.14 bits per heavy atom. The Morgan fingerprint density at radius 2 is 1.80 bits per heavy atom. The van der Waals surface area contributed by atoms with Crippen LogP contribution < -0.4 is 9.64 Å². The fourth-order valence-corrected chi connectivity index (χ4v) is 5.34. The van der Waals surface area contributed by atoms with Crippen LogP contribution in [0, 0.1) is 12.8 Å². The van der Waals surface area contributed by atoms with Crippen LogP contribution in [0.5, 0.6) is 5.75 Å². The van der Waals surface area contributed by atoms with Gasteiger partial charge in [-0.25, -0.2) is 8.42 Å². The van der Waals surface area contributed by atoms with Gasteiger partial charge in [0.1, 0.15) is 11.9 Å². The molecule has 1 aliphatic heterocycles. The molecule has 0 radical (unpaired) electrons. The predicted octanol–water partition coefficient (Wildman–Crippen LogP) is 2.53. The number of aryl methyl sites for hydroxylation is 1. The van der Waals surface area contributed by atoms with Crippen molar-refractivity contribution >= 4 is 21.6 Å². The third kappa shape index (κ3) is 6.15. The predicted molar refractivity (Wildman–Crippen MR) is 137 cm³/mol. The van der Waals surface area contributed by atoms with Crippen molar-refractivity contribution in [2.24, 2.45) is 5.92 Å². The van der Waals surface area contributed by atoms with Gasteiger partial charge >= 0.3 is 0 Å². The number of hydrogen-bond acceptors (Lipinski definition) is 6. The summed E-state index contributed by atoms with van der Waals surface area (Å²) in [5, 5.41) is 9.78. The maximum Gasteiger partial charge on any atom is 0.242 e. The van der Waals surface area contributed by atoms with Crippen molar-refractivity contribution < 1.29 is 23.1 Å². The largest absolute Gasteiger partial charge is 0.488 e. The number of amides is 1. The first-order valence-electron chi connectivity index (χ1n) is 11.8. The second-order valence-corrected chi connectivity index (χ2v) is 11.7. The molecule has 2 aromatic rings. The van der Waals surface area contributed by atoms with E-state index in [0.29, 0.717) is 12.3 Å². The third-order valence-corrected chi connectivity index (χ3v) is 8.42. The van der Waals surface area contributed by atoms with Crippen molar-refractivity contribution in [2.45, 2.75) is 44.2 Å². The van der Waals surface area contributed by atoms with Crippen molar-refractivity contribution in [1.29, 1.82) is 0 Å². The lowest BCUT2D eigenvalue weighted by atomic mass is 10.0. The second-order valence-electron chi connectivity index (χ2n) is 9.67. The van der Waals surface area contributed by atoms with Crippen LogP contribution in [-0.4, -0.2) is 81.6 Å². The van der Waals surface area contributed by atoms with Gasteiger partial charge in [-0.3, -0.25) is 4.79 Å². The highest BCUT2D eigenvalue weighted by Gasteiger charge is 2.33. The summed E-state index contributed by atoms with van der Waals surface area (Å²) in [6, 6.07) is 12.1. The lowest BCUT2D eigenvalue weighted by molar-refractivity contribution is -0.134. The summed E-state index contributed by atoms with van der Waals surface area (Å²) >= 11 is 0. The summed E-state index contributed by atoms with van der Waals surface area (Å²) in [6.07, 6.45) is -0.373. The molecule has 8 nitrogen and oxygen atoms in total. The van der Waals surface area contributed by atoms with E-state index in [9.17, 15) is 18.3 Å². The summed E-state index contributed by atoms with van der Waals surface area (Å²) in [7, 11) is 1.68. The number of nitrogens with zero attached hydrogens (tertiary/aromatic N) is 3. The Labute approximate surface area is 209 Å². The van der Waals surface area contributed by atoms with Gasteiger partial charge in [-0.15, -0.1) is 0 Å². The van der Waals surface area contributed by atoms with Crippen LogP contribution in [0.15, 0.2) is 47.4 Å². The number of rotatable bonds is 7. The van der Waals surface area contributed by atoms with Crippen molar-refractivity contribution in [2.75, 3.05) is 45.7 Å². The molecule has 0 spiro atoms. The molecule has 3 atom stereocenters. The molecule has 0 saturated carbocycles. The molecule has 0 fully saturated rings. The van der Waals surface area contributed by atoms with Crippen LogP contribution in [0.2, 0.25) is 0 Å². The van der Waals surface area contributed by atoms with Crippen LogP contribution in [0.1, 0.15) is 25.0 Å². The van der Waals surface area contributed by atoms with Gasteiger partial charge in [0.2, 0.25) is 15.9 Å². The first-order valence-corrected chi connectivity index (χ1v) is 13.3. The van der Waals surface area contributed by atoms with E-state index in [-0.39, 0.29) is 42.3 Å². The fraction of sp³-hybridized carbons (Fsp3) is 0.500. The molecule has 35 heavy (non-hydrogen) atoms. The van der Waals surface area contributed by atoms with Crippen LogP contribution in [0.4, 0.5) is 5.69 Å². The number of ether oxygens (including phenoxy) is 1. The van der Waals surface area contributed by atoms with E-state index in [4.69, 9.17) is 4.74 Å². The minimum absolute atomic E-state index is 0.0968. The van der Waals surface area contributed by atoms with Crippen molar-refractivity contribution in [1.82, 2.24) is 9.21 Å². The average molecular weight is 504 g/mol. The molecule has 3 rings (SSSR count). The number of aliphatic hydroxyl groups excluding tert-OH is 1. The Hall–Kier alpha value is -2.62. The number of likely N-dealkylation sites (N-methyl/N-ethyl adjacent to an activating group) is 1. The Kier molecular flexibility index (Phi) is 8.46. The Balaban J connectivity index is 1.97. The smallest absolute Gasteiger partial charge is 0.242 e. The van der Waals surface area contributed by atoms with Crippen LogP contribution in [-0.2, 0) is 21.2 Å². The molecule has 1 N–H and O–H groups in total. The standard InChI is InChI=1S/C26H37N3O5S/c1-18-7-10-23(11-8-18)35(32,33)28(6)16-25-19(2)15-29(20(3)17-30)26(31)14-21-13-22(27(4)5)9-12-24(21)34-25/h7-13,19-20,25,30H,14-17H2,1-6H3/t19-,20-,25+/m1/s1. The van der Waals surface area contributed by atoms with E-state index < -0.39 is 16.1 Å². The monoisotopic (exact) mass is 503 g/mol. The first-order chi connectivity index (χ1) is 16.4. The zero-order valence-corrected chi connectivity index (χ0v) is 22.2. The number of carbonyl (C=O) groups is 1. The third-order valence-electron chi connectivity index (χ3n) is 6.58. The molecule has 1 aliphatic rings. The van der Waals surface area contributed by atoms with Crippen LogP contribution in [0.3, 0.4) is 0 Å². The molecule has 2 aromatic carbocycles. The molecule has 0 bridgehead atoms. The van der Waals surface area contributed by atoms with E-state index in [1.807, 2.05) is 58.0 Å². The maximum atomic E-state index is 13.2. The molecule has 0 unspecified atom stereocenters. The Bertz CT molecular complexity index is 1130. The van der Waals surface area contributed by atoms with E-state index in [0.717, 1.165) is 16.8 Å². The molecule has 0 saturated heterocycles. The molecular formula is C26H37N3O5S. The molecule has 1 amide bonds. The number of carbonyl (C=O) groups excluding carboxylic acids is 1. The normalized spacial score (nSPS) is 19.9. The first kappa shape index (κ1) is 27.0. The summed E-state index contributed by atoms with van der Waals surface area (Å²) in [4.78, 5) is 17.1. The fourth-order valence-electron chi connectivity index (χ4n) is 4.15. The van der Waals surface area contributed by atoms with Crippen molar-refractivity contribution in [3.63, 3.8) is 0 Å². The van der Waals surface area contributed by atoms with Crippen molar-refractivity contribution in [3.05, 3.63) is 53.6 Å². The van der Waals surface area contributed by atoms with Gasteiger partial charge in [0.15, 0.2) is 0 Å². The van der Waals surface area contributed by atoms with E-state index in [1.54, 1.807) is 36.2 Å². The van der Waals surface area contributed by atoms with E-state index in [2.05, 4.69) is 0 Å². The second kappa shape index (κ2) is 11.0. The SMILES string of the molecule is Cc1ccc(S(=O)(=O)N(C)C[C@@H]2Oc3ccc(N(C)C)cc3CC(=O)N([C@H](C)CO)C[C@H]2C)cc1. The molecule has 192 valence electrons. The van der Waals surface area contributed by atoms with Gasteiger partial charge in [0.25, 0.3) is 0 Å². The molecular weight excluding hydrogens is 466 g/mol. The summed E-state index contributed by atoms with van der Waals surface area (Å²) in [5.41, 5.74) is 2.65. The molecule has 1 heterocycles.